The molecule has 4 heterocycles. The highest BCUT2D eigenvalue weighted by Gasteiger charge is 2.40. The van der Waals surface area contributed by atoms with Crippen LogP contribution in [0.3, 0.4) is 0 Å². The summed E-state index contributed by atoms with van der Waals surface area (Å²) < 4.78 is 7.01. The molecule has 1 aromatic carbocycles. The van der Waals surface area contributed by atoms with Gasteiger partial charge in [-0.1, -0.05) is 42.9 Å². The molecule has 2 aromatic heterocycles. The molecule has 174 valence electrons. The molecule has 0 aliphatic carbocycles. The van der Waals surface area contributed by atoms with E-state index >= 15 is 0 Å². The van der Waals surface area contributed by atoms with Gasteiger partial charge in [0.15, 0.2) is 0 Å². The van der Waals surface area contributed by atoms with Gasteiger partial charge in [-0.05, 0) is 24.1 Å². The van der Waals surface area contributed by atoms with Crippen molar-refractivity contribution in [2.75, 3.05) is 13.2 Å². The third-order valence-electron chi connectivity index (χ3n) is 6.86. The van der Waals surface area contributed by atoms with Crippen LogP contribution in [-0.2, 0) is 32.9 Å². The summed E-state index contributed by atoms with van der Waals surface area (Å²) in [6, 6.07) is 9.62. The summed E-state index contributed by atoms with van der Waals surface area (Å²) in [5, 5.41) is 15.3. The Morgan fingerprint density at radius 1 is 1.32 bits per heavy atom. The van der Waals surface area contributed by atoms with Gasteiger partial charge in [-0.15, -0.1) is 0 Å². The van der Waals surface area contributed by atoms with E-state index in [0.29, 0.717) is 35.5 Å². The maximum atomic E-state index is 13.6. The number of aromatic nitrogens is 2. The van der Waals surface area contributed by atoms with Crippen LogP contribution in [0.15, 0.2) is 52.9 Å². The van der Waals surface area contributed by atoms with E-state index in [9.17, 15) is 14.7 Å². The second-order valence-electron chi connectivity index (χ2n) is 8.63. The largest absolute Gasteiger partial charge is 0.461 e. The standard InChI is InChI=1S/C26H25N3O5/c1-3-9-34-27-12-17-16-7-5-6-8-21(16)28-24-18(17)13-29-22(24)10-20-19(25(29)32)14-33-23(31)11-26(20,4-2)15-30/h3,5-8,10,12,30H,1,4,9,11,13-15H2,2H3/b27-12+. The quantitative estimate of drug-likeness (QED) is 0.156. The van der Waals surface area contributed by atoms with Crippen molar-refractivity contribution in [1.29, 1.82) is 0 Å². The fourth-order valence-electron chi connectivity index (χ4n) is 4.94. The molecule has 8 nitrogen and oxygen atoms in total. The minimum Gasteiger partial charge on any atom is -0.461 e. The minimum absolute atomic E-state index is 0.0203. The Balaban J connectivity index is 1.76. The van der Waals surface area contributed by atoms with E-state index < -0.39 is 11.4 Å². The molecule has 5 rings (SSSR count). The molecule has 1 atom stereocenters. The lowest BCUT2D eigenvalue weighted by atomic mass is 9.74. The predicted molar refractivity (Wildman–Crippen MR) is 128 cm³/mol. The van der Waals surface area contributed by atoms with Gasteiger partial charge in [0, 0.05) is 21.9 Å². The van der Waals surface area contributed by atoms with E-state index in [0.717, 1.165) is 22.0 Å². The number of ether oxygens (including phenoxy) is 1. The number of oxime groups is 1. The molecule has 1 N–H and O–H groups in total. The fourth-order valence-corrected chi connectivity index (χ4v) is 4.94. The van der Waals surface area contributed by atoms with E-state index in [2.05, 4.69) is 11.7 Å². The van der Waals surface area contributed by atoms with Crippen LogP contribution in [0.4, 0.5) is 0 Å². The number of hydrogen-bond acceptors (Lipinski definition) is 7. The normalized spacial score (nSPS) is 18.8. The van der Waals surface area contributed by atoms with E-state index in [-0.39, 0.29) is 31.8 Å². The molecule has 3 aromatic rings. The highest BCUT2D eigenvalue weighted by atomic mass is 16.6. The number of nitrogens with zero attached hydrogens (tertiary/aromatic N) is 3. The fraction of sp³-hybridized carbons (Fsp3) is 0.308. The van der Waals surface area contributed by atoms with Crippen LogP contribution in [0.25, 0.3) is 22.3 Å². The molecular formula is C26H25N3O5. The van der Waals surface area contributed by atoms with Crippen LogP contribution in [0.2, 0.25) is 0 Å². The van der Waals surface area contributed by atoms with Gasteiger partial charge >= 0.3 is 5.97 Å². The first-order valence-electron chi connectivity index (χ1n) is 11.2. The number of carbonyl (C=O) groups excluding carboxylic acids is 1. The van der Waals surface area contributed by atoms with Crippen molar-refractivity contribution < 1.29 is 19.5 Å². The summed E-state index contributed by atoms with van der Waals surface area (Å²) in [4.78, 5) is 36.1. The van der Waals surface area contributed by atoms with Gasteiger partial charge in [0.05, 0.1) is 48.3 Å². The number of aliphatic hydroxyl groups excluding tert-OH is 1. The molecule has 0 fully saturated rings. The summed E-state index contributed by atoms with van der Waals surface area (Å²) in [5.74, 6) is -0.417. The maximum Gasteiger partial charge on any atom is 0.307 e. The lowest BCUT2D eigenvalue weighted by molar-refractivity contribution is -0.146. The number of hydrogen-bond donors (Lipinski definition) is 1. The Bertz CT molecular complexity index is 1400. The molecule has 1 unspecified atom stereocenters. The van der Waals surface area contributed by atoms with Crippen molar-refractivity contribution in [3.8, 4) is 11.4 Å². The first-order chi connectivity index (χ1) is 16.5. The topological polar surface area (TPSA) is 103 Å². The Morgan fingerprint density at radius 2 is 2.15 bits per heavy atom. The lowest BCUT2D eigenvalue weighted by Gasteiger charge is -2.30. The van der Waals surface area contributed by atoms with Crippen LogP contribution in [0, 0.1) is 0 Å². The van der Waals surface area contributed by atoms with Crippen molar-refractivity contribution in [2.45, 2.75) is 38.3 Å². The zero-order valence-electron chi connectivity index (χ0n) is 18.9. The smallest absolute Gasteiger partial charge is 0.307 e. The molecular weight excluding hydrogens is 434 g/mol. The molecule has 0 spiro atoms. The number of para-hydroxylation sites is 1. The Kier molecular flexibility index (Phi) is 5.53. The van der Waals surface area contributed by atoms with Gasteiger partial charge in [0.2, 0.25) is 0 Å². The number of rotatable bonds is 6. The molecule has 0 saturated heterocycles. The zero-order valence-corrected chi connectivity index (χ0v) is 18.9. The molecule has 34 heavy (non-hydrogen) atoms. The zero-order chi connectivity index (χ0) is 23.9. The highest BCUT2D eigenvalue weighted by Crippen LogP contribution is 2.41. The summed E-state index contributed by atoms with van der Waals surface area (Å²) in [6.07, 6.45) is 3.78. The number of cyclic esters (lactones) is 1. The number of esters is 1. The van der Waals surface area contributed by atoms with E-state index in [1.54, 1.807) is 16.9 Å². The lowest BCUT2D eigenvalue weighted by Crippen LogP contribution is -2.35. The minimum atomic E-state index is -0.875. The summed E-state index contributed by atoms with van der Waals surface area (Å²) in [7, 11) is 0. The van der Waals surface area contributed by atoms with Crippen LogP contribution in [0.5, 0.6) is 0 Å². The number of fused-ring (bicyclic) bond motifs is 5. The second-order valence-corrected chi connectivity index (χ2v) is 8.63. The van der Waals surface area contributed by atoms with Crippen molar-refractivity contribution in [3.63, 3.8) is 0 Å². The molecule has 2 aliphatic heterocycles. The van der Waals surface area contributed by atoms with Crippen LogP contribution < -0.4 is 5.56 Å². The average Bonchev–Trinajstić information content (AvgIpc) is 3.15. The number of aliphatic hydroxyl groups is 1. The van der Waals surface area contributed by atoms with Crippen molar-refractivity contribution in [1.82, 2.24) is 9.55 Å². The third kappa shape index (κ3) is 3.33. The summed E-state index contributed by atoms with van der Waals surface area (Å²) in [5.41, 5.74) is 3.77. The molecule has 0 radical (unpaired) electrons. The predicted octanol–water partition coefficient (Wildman–Crippen LogP) is 3.05. The molecule has 0 amide bonds. The van der Waals surface area contributed by atoms with Gasteiger partial charge in [0.1, 0.15) is 13.2 Å². The van der Waals surface area contributed by atoms with Gasteiger partial charge in [-0.3, -0.25) is 9.59 Å². The number of pyridine rings is 2. The van der Waals surface area contributed by atoms with Gasteiger partial charge in [0.25, 0.3) is 5.56 Å². The Hall–Kier alpha value is -3.78. The van der Waals surface area contributed by atoms with Crippen LogP contribution >= 0.6 is 0 Å². The van der Waals surface area contributed by atoms with Crippen molar-refractivity contribution in [3.05, 3.63) is 75.6 Å². The first-order valence-corrected chi connectivity index (χ1v) is 11.2. The molecule has 2 aliphatic rings. The molecule has 0 saturated carbocycles. The Labute approximate surface area is 196 Å². The van der Waals surface area contributed by atoms with E-state index in [1.807, 2.05) is 37.3 Å². The molecule has 0 bridgehead atoms. The van der Waals surface area contributed by atoms with Crippen molar-refractivity contribution in [2.24, 2.45) is 5.16 Å². The van der Waals surface area contributed by atoms with Gasteiger partial charge < -0.3 is 19.2 Å². The number of carbonyl (C=O) groups is 1. The first kappa shape index (κ1) is 22.0. The third-order valence-corrected chi connectivity index (χ3v) is 6.86. The van der Waals surface area contributed by atoms with Crippen LogP contribution in [-0.4, -0.2) is 40.1 Å². The Morgan fingerprint density at radius 3 is 2.91 bits per heavy atom. The van der Waals surface area contributed by atoms with Crippen LogP contribution in [0.1, 0.15) is 42.0 Å². The van der Waals surface area contributed by atoms with Crippen molar-refractivity contribution >= 4 is 23.1 Å². The summed E-state index contributed by atoms with van der Waals surface area (Å²) >= 11 is 0. The molecule has 8 heteroatoms. The SMILES string of the molecule is C=CCO/N=C/c1c2c(nc3ccccc13)-c1cc3c(c(=O)n1C2)COC(=O)CC3(CC)CO. The maximum absolute atomic E-state index is 13.6. The monoisotopic (exact) mass is 459 g/mol. The number of benzene rings is 1. The second kappa shape index (κ2) is 8.53. The van der Waals surface area contributed by atoms with E-state index in [4.69, 9.17) is 14.6 Å². The van der Waals surface area contributed by atoms with Gasteiger partial charge in [-0.2, -0.15) is 0 Å². The average molecular weight is 460 g/mol. The summed E-state index contributed by atoms with van der Waals surface area (Å²) in [6.45, 7) is 5.76. The van der Waals surface area contributed by atoms with E-state index in [1.165, 1.54) is 0 Å². The van der Waals surface area contributed by atoms with Gasteiger partial charge in [-0.25, -0.2) is 4.98 Å². The highest BCUT2D eigenvalue weighted by molar-refractivity contribution is 6.02.